The SMILES string of the molecule is COc1ccccc1CN(C)C(C)CNC(C)C. The second-order valence-electron chi connectivity index (χ2n) is 5.14. The molecule has 0 heterocycles. The van der Waals surface area contributed by atoms with E-state index in [0.29, 0.717) is 12.1 Å². The summed E-state index contributed by atoms with van der Waals surface area (Å²) in [6.45, 7) is 8.50. The van der Waals surface area contributed by atoms with Gasteiger partial charge < -0.3 is 10.1 Å². The summed E-state index contributed by atoms with van der Waals surface area (Å²) in [6.07, 6.45) is 0. The molecule has 18 heavy (non-hydrogen) atoms. The Labute approximate surface area is 111 Å². The molecular formula is C15H26N2O. The normalized spacial score (nSPS) is 13.1. The van der Waals surface area contributed by atoms with Crippen molar-refractivity contribution < 1.29 is 4.74 Å². The quantitative estimate of drug-likeness (QED) is 0.805. The van der Waals surface area contributed by atoms with Gasteiger partial charge in [0.15, 0.2) is 0 Å². The van der Waals surface area contributed by atoms with E-state index >= 15 is 0 Å². The van der Waals surface area contributed by atoms with Crippen molar-refractivity contribution in [2.45, 2.75) is 39.4 Å². The largest absolute Gasteiger partial charge is 0.496 e. The smallest absolute Gasteiger partial charge is 0.123 e. The number of nitrogens with one attached hydrogen (secondary N) is 1. The molecule has 3 heteroatoms. The Kier molecular flexibility index (Phi) is 6.16. The summed E-state index contributed by atoms with van der Waals surface area (Å²) in [5.74, 6) is 0.966. The molecule has 102 valence electrons. The predicted molar refractivity (Wildman–Crippen MR) is 77.1 cm³/mol. The van der Waals surface area contributed by atoms with Crippen molar-refractivity contribution in [3.63, 3.8) is 0 Å². The number of para-hydroxylation sites is 1. The first-order valence-electron chi connectivity index (χ1n) is 6.60. The Morgan fingerprint density at radius 1 is 1.22 bits per heavy atom. The maximum Gasteiger partial charge on any atom is 0.123 e. The van der Waals surface area contributed by atoms with E-state index in [4.69, 9.17) is 4.74 Å². The third-order valence-electron chi connectivity index (χ3n) is 3.19. The molecule has 3 nitrogen and oxygen atoms in total. The zero-order chi connectivity index (χ0) is 13.5. The Morgan fingerprint density at radius 2 is 1.89 bits per heavy atom. The van der Waals surface area contributed by atoms with Gasteiger partial charge in [0.2, 0.25) is 0 Å². The fourth-order valence-corrected chi connectivity index (χ4v) is 1.82. The molecule has 1 atom stereocenters. The van der Waals surface area contributed by atoms with Gasteiger partial charge in [-0.1, -0.05) is 32.0 Å². The number of ether oxygens (including phenoxy) is 1. The summed E-state index contributed by atoms with van der Waals surface area (Å²) in [7, 11) is 3.88. The zero-order valence-electron chi connectivity index (χ0n) is 12.2. The summed E-state index contributed by atoms with van der Waals surface area (Å²) >= 11 is 0. The van der Waals surface area contributed by atoms with Crippen molar-refractivity contribution in [2.75, 3.05) is 20.7 Å². The van der Waals surface area contributed by atoms with E-state index < -0.39 is 0 Å². The Balaban J connectivity index is 2.55. The number of likely N-dealkylation sites (N-methyl/N-ethyl adjacent to an activating group) is 1. The Morgan fingerprint density at radius 3 is 2.50 bits per heavy atom. The van der Waals surface area contributed by atoms with Crippen LogP contribution >= 0.6 is 0 Å². The van der Waals surface area contributed by atoms with Gasteiger partial charge in [0.1, 0.15) is 5.75 Å². The minimum atomic E-state index is 0.498. The van der Waals surface area contributed by atoms with E-state index in [1.165, 1.54) is 5.56 Å². The predicted octanol–water partition coefficient (Wildman–Crippen LogP) is 2.51. The first kappa shape index (κ1) is 15.0. The van der Waals surface area contributed by atoms with E-state index in [2.05, 4.69) is 50.2 Å². The van der Waals surface area contributed by atoms with E-state index in [-0.39, 0.29) is 0 Å². The van der Waals surface area contributed by atoms with Gasteiger partial charge in [-0.2, -0.15) is 0 Å². The molecule has 1 rings (SSSR count). The number of nitrogens with zero attached hydrogens (tertiary/aromatic N) is 1. The lowest BCUT2D eigenvalue weighted by molar-refractivity contribution is 0.236. The van der Waals surface area contributed by atoms with E-state index in [1.807, 2.05) is 12.1 Å². The summed E-state index contributed by atoms with van der Waals surface area (Å²) < 4.78 is 5.38. The molecule has 1 unspecified atom stereocenters. The molecule has 0 aliphatic rings. The van der Waals surface area contributed by atoms with Crippen LogP contribution in [-0.4, -0.2) is 37.7 Å². The average Bonchev–Trinajstić information content (AvgIpc) is 2.36. The summed E-state index contributed by atoms with van der Waals surface area (Å²) in [4.78, 5) is 2.34. The molecular weight excluding hydrogens is 224 g/mol. The molecule has 1 N–H and O–H groups in total. The fourth-order valence-electron chi connectivity index (χ4n) is 1.82. The monoisotopic (exact) mass is 250 g/mol. The van der Waals surface area contributed by atoms with Crippen LogP contribution in [0.15, 0.2) is 24.3 Å². The van der Waals surface area contributed by atoms with E-state index in [9.17, 15) is 0 Å². The van der Waals surface area contributed by atoms with Crippen molar-refractivity contribution in [1.29, 1.82) is 0 Å². The highest BCUT2D eigenvalue weighted by molar-refractivity contribution is 5.33. The minimum absolute atomic E-state index is 0.498. The van der Waals surface area contributed by atoms with Crippen LogP contribution in [0.5, 0.6) is 5.75 Å². The van der Waals surface area contributed by atoms with Gasteiger partial charge in [-0.25, -0.2) is 0 Å². The molecule has 0 fully saturated rings. The molecule has 0 aliphatic heterocycles. The molecule has 0 saturated heterocycles. The first-order chi connectivity index (χ1) is 8.54. The minimum Gasteiger partial charge on any atom is -0.496 e. The highest BCUT2D eigenvalue weighted by Gasteiger charge is 2.12. The number of hydrogen-bond donors (Lipinski definition) is 1. The molecule has 0 spiro atoms. The second-order valence-corrected chi connectivity index (χ2v) is 5.14. The number of methoxy groups -OCH3 is 1. The van der Waals surface area contributed by atoms with Crippen molar-refractivity contribution in [2.24, 2.45) is 0 Å². The van der Waals surface area contributed by atoms with Gasteiger partial charge in [0.25, 0.3) is 0 Å². The van der Waals surface area contributed by atoms with Crippen molar-refractivity contribution in [3.05, 3.63) is 29.8 Å². The van der Waals surface area contributed by atoms with Crippen LogP contribution in [0.2, 0.25) is 0 Å². The lowest BCUT2D eigenvalue weighted by Gasteiger charge is -2.26. The summed E-state index contributed by atoms with van der Waals surface area (Å²) in [6, 6.07) is 9.23. The van der Waals surface area contributed by atoms with Crippen LogP contribution in [0.4, 0.5) is 0 Å². The van der Waals surface area contributed by atoms with E-state index in [1.54, 1.807) is 7.11 Å². The summed E-state index contributed by atoms with van der Waals surface area (Å²) in [5, 5.41) is 3.47. The van der Waals surface area contributed by atoms with Crippen LogP contribution in [0.3, 0.4) is 0 Å². The Bertz CT molecular complexity index is 352. The maximum absolute atomic E-state index is 5.38. The average molecular weight is 250 g/mol. The molecule has 0 aromatic heterocycles. The maximum atomic E-state index is 5.38. The third-order valence-corrected chi connectivity index (χ3v) is 3.19. The molecule has 0 amide bonds. The van der Waals surface area contributed by atoms with Crippen LogP contribution in [0.25, 0.3) is 0 Å². The fraction of sp³-hybridized carbons (Fsp3) is 0.600. The first-order valence-corrected chi connectivity index (χ1v) is 6.60. The number of benzene rings is 1. The topological polar surface area (TPSA) is 24.5 Å². The van der Waals surface area contributed by atoms with Crippen LogP contribution in [0, 0.1) is 0 Å². The molecule has 0 saturated carbocycles. The van der Waals surface area contributed by atoms with Crippen molar-refractivity contribution >= 4 is 0 Å². The van der Waals surface area contributed by atoms with Crippen molar-refractivity contribution in [3.8, 4) is 5.75 Å². The van der Waals surface area contributed by atoms with Gasteiger partial charge in [-0.05, 0) is 20.0 Å². The lowest BCUT2D eigenvalue weighted by atomic mass is 10.1. The lowest BCUT2D eigenvalue weighted by Crippen LogP contribution is -2.39. The van der Waals surface area contributed by atoms with Gasteiger partial charge in [-0.15, -0.1) is 0 Å². The Hall–Kier alpha value is -1.06. The second kappa shape index (κ2) is 7.39. The number of hydrogen-bond acceptors (Lipinski definition) is 3. The highest BCUT2D eigenvalue weighted by Crippen LogP contribution is 2.19. The highest BCUT2D eigenvalue weighted by atomic mass is 16.5. The van der Waals surface area contributed by atoms with Crippen LogP contribution in [0.1, 0.15) is 26.3 Å². The van der Waals surface area contributed by atoms with Crippen molar-refractivity contribution in [1.82, 2.24) is 10.2 Å². The molecule has 1 aromatic rings. The van der Waals surface area contributed by atoms with Crippen LogP contribution in [-0.2, 0) is 6.54 Å². The van der Waals surface area contributed by atoms with Gasteiger partial charge in [0, 0.05) is 30.7 Å². The zero-order valence-corrected chi connectivity index (χ0v) is 12.2. The van der Waals surface area contributed by atoms with Crippen LogP contribution < -0.4 is 10.1 Å². The molecule has 0 aliphatic carbocycles. The van der Waals surface area contributed by atoms with E-state index in [0.717, 1.165) is 18.8 Å². The summed E-state index contributed by atoms with van der Waals surface area (Å²) in [5.41, 5.74) is 1.24. The molecule has 1 aromatic carbocycles. The number of rotatable bonds is 7. The van der Waals surface area contributed by atoms with Gasteiger partial charge >= 0.3 is 0 Å². The van der Waals surface area contributed by atoms with Gasteiger partial charge in [0.05, 0.1) is 7.11 Å². The molecule has 0 radical (unpaired) electrons. The van der Waals surface area contributed by atoms with Gasteiger partial charge in [-0.3, -0.25) is 4.90 Å². The molecule has 0 bridgehead atoms. The standard InChI is InChI=1S/C15H26N2O/c1-12(2)16-10-13(3)17(4)11-14-8-6-7-9-15(14)18-5/h6-9,12-13,16H,10-11H2,1-5H3. The third kappa shape index (κ3) is 4.67.